The van der Waals surface area contributed by atoms with Gasteiger partial charge in [-0.3, -0.25) is 9.59 Å². The number of aliphatic carboxylic acids is 1. The van der Waals surface area contributed by atoms with Crippen molar-refractivity contribution >= 4 is 43.9 Å². The molecule has 0 aliphatic rings. The highest BCUT2D eigenvalue weighted by atomic mass is 32.2. The Morgan fingerprint density at radius 3 is 2.41 bits per heavy atom. The number of hydrogen-bond acceptors (Lipinski definition) is 7. The molecule has 0 spiro atoms. The fourth-order valence-electron chi connectivity index (χ4n) is 4.56. The van der Waals surface area contributed by atoms with Gasteiger partial charge in [0.2, 0.25) is 5.91 Å². The van der Waals surface area contributed by atoms with Crippen molar-refractivity contribution in [3.63, 3.8) is 0 Å². The summed E-state index contributed by atoms with van der Waals surface area (Å²) in [5.41, 5.74) is 8.42. The molecule has 0 bridgehead atoms. The molecule has 1 amide bonds. The molecule has 0 aliphatic heterocycles. The van der Waals surface area contributed by atoms with Crippen LogP contribution in [-0.4, -0.2) is 36.1 Å². The number of amides is 1. The number of benzene rings is 3. The lowest BCUT2D eigenvalue weighted by molar-refractivity contribution is -0.138. The van der Waals surface area contributed by atoms with Gasteiger partial charge in [-0.15, -0.1) is 0 Å². The number of pyridine rings is 1. The van der Waals surface area contributed by atoms with Gasteiger partial charge in [-0.25, -0.2) is 13.2 Å². The number of fused-ring (bicyclic) bond motifs is 1. The monoisotopic (exact) mass is 576 g/mol. The number of carboxylic acid groups (broad SMARTS) is 1. The van der Waals surface area contributed by atoms with E-state index in [1.165, 1.54) is 6.07 Å². The van der Waals surface area contributed by atoms with Crippen LogP contribution in [-0.2, 0) is 32.4 Å². The van der Waals surface area contributed by atoms with Crippen molar-refractivity contribution < 1.29 is 23.1 Å². The topological polar surface area (TPSA) is 171 Å². The largest absolute Gasteiger partial charge is 0.479 e. The normalized spacial score (nSPS) is 12.1. The lowest BCUT2D eigenvalue weighted by Gasteiger charge is -2.17. The molecule has 41 heavy (non-hydrogen) atoms. The zero-order chi connectivity index (χ0) is 29.6. The quantitative estimate of drug-likeness (QED) is 0.168. The molecule has 0 saturated heterocycles. The van der Waals surface area contributed by atoms with Gasteiger partial charge in [-0.2, -0.15) is 0 Å². The second-order valence-corrected chi connectivity index (χ2v) is 11.8. The lowest BCUT2D eigenvalue weighted by Crippen LogP contribution is -2.20. The third-order valence-corrected chi connectivity index (χ3v) is 8.62. The van der Waals surface area contributed by atoms with E-state index in [9.17, 15) is 27.9 Å². The van der Waals surface area contributed by atoms with Crippen LogP contribution in [0.2, 0.25) is 0 Å². The highest BCUT2D eigenvalue weighted by Gasteiger charge is 2.20. The number of aromatic amines is 1. The van der Waals surface area contributed by atoms with Crippen molar-refractivity contribution in [2.24, 2.45) is 5.73 Å². The van der Waals surface area contributed by atoms with E-state index in [1.807, 2.05) is 12.1 Å². The van der Waals surface area contributed by atoms with Crippen molar-refractivity contribution in [2.75, 3.05) is 16.4 Å². The predicted octanol–water partition coefficient (Wildman–Crippen LogP) is 3.98. The predicted molar refractivity (Wildman–Crippen MR) is 159 cm³/mol. The Hall–Kier alpha value is -4.48. The minimum absolute atomic E-state index is 0.0348. The first-order valence-electron chi connectivity index (χ1n) is 13.2. The minimum atomic E-state index is -3.41. The van der Waals surface area contributed by atoms with Crippen molar-refractivity contribution in [3.05, 3.63) is 100.0 Å². The summed E-state index contributed by atoms with van der Waals surface area (Å²) in [7, 11) is -3.41. The zero-order valence-electron chi connectivity index (χ0n) is 22.5. The first kappa shape index (κ1) is 29.5. The number of carboxylic acids is 1. The average Bonchev–Trinajstić information content (AvgIpc) is 2.96. The molecule has 10 nitrogen and oxygen atoms in total. The molecule has 4 rings (SSSR count). The Morgan fingerprint density at radius 2 is 1.73 bits per heavy atom. The zero-order valence-corrected chi connectivity index (χ0v) is 23.3. The van der Waals surface area contributed by atoms with E-state index in [4.69, 9.17) is 5.73 Å². The second kappa shape index (κ2) is 12.8. The van der Waals surface area contributed by atoms with Crippen molar-refractivity contribution in [3.8, 4) is 0 Å². The van der Waals surface area contributed by atoms with E-state index in [2.05, 4.69) is 15.6 Å². The van der Waals surface area contributed by atoms with Crippen molar-refractivity contribution in [1.82, 2.24) is 4.98 Å². The van der Waals surface area contributed by atoms with Crippen LogP contribution in [0.1, 0.15) is 42.5 Å². The van der Waals surface area contributed by atoms with Crippen LogP contribution >= 0.6 is 0 Å². The number of anilines is 2. The van der Waals surface area contributed by atoms with Gasteiger partial charge < -0.3 is 26.5 Å². The summed E-state index contributed by atoms with van der Waals surface area (Å²) < 4.78 is 24.5. The number of aryl methyl sites for hydroxylation is 1. The molecule has 0 radical (unpaired) electrons. The Morgan fingerprint density at radius 1 is 1.00 bits per heavy atom. The van der Waals surface area contributed by atoms with Crippen LogP contribution in [0.4, 0.5) is 11.4 Å². The first-order valence-corrected chi connectivity index (χ1v) is 14.8. The van der Waals surface area contributed by atoms with Crippen molar-refractivity contribution in [1.29, 1.82) is 0 Å². The van der Waals surface area contributed by atoms with Gasteiger partial charge in [0, 0.05) is 35.9 Å². The average molecular weight is 577 g/mol. The number of carbonyl (C=O) groups excluding carboxylic acids is 1. The molecule has 4 aromatic rings. The van der Waals surface area contributed by atoms with E-state index in [0.717, 1.165) is 10.9 Å². The maximum absolute atomic E-state index is 12.5. The number of H-pyrrole nitrogens is 1. The summed E-state index contributed by atoms with van der Waals surface area (Å²) in [5, 5.41) is 16.8. The second-order valence-electron chi connectivity index (χ2n) is 9.60. The first-order chi connectivity index (χ1) is 19.6. The smallest absolute Gasteiger partial charge is 0.330 e. The number of sulfone groups is 1. The van der Waals surface area contributed by atoms with E-state index in [0.29, 0.717) is 40.7 Å². The van der Waals surface area contributed by atoms with Crippen LogP contribution < -0.4 is 21.9 Å². The summed E-state index contributed by atoms with van der Waals surface area (Å²) in [6.07, 6.45) is 2.97. The van der Waals surface area contributed by atoms with Crippen LogP contribution in [0.15, 0.2) is 82.6 Å². The minimum Gasteiger partial charge on any atom is -0.479 e. The molecular weight excluding hydrogens is 544 g/mol. The number of nitrogens with two attached hydrogens (primary N) is 1. The summed E-state index contributed by atoms with van der Waals surface area (Å²) in [6.45, 7) is 1.60. The molecule has 3 aromatic carbocycles. The van der Waals surface area contributed by atoms with E-state index in [1.54, 1.807) is 61.7 Å². The fraction of sp³-hybridized carbons (Fsp3) is 0.233. The number of aromatic nitrogens is 1. The standard InChI is InChI=1S/C30H32N4O6S/c1-2-41(39,40)26-13-12-23(16-22(26)18-31)33-27(35)5-3-4-19-6-8-21(9-7-19)28(30(37)38)34-24-11-10-20-14-15-32-29(36)25(20)17-24/h6-17,28,34H,2-5,18,31H2,1H3,(H,32,36)(H,33,35)(H,37,38). The highest BCUT2D eigenvalue weighted by molar-refractivity contribution is 7.91. The summed E-state index contributed by atoms with van der Waals surface area (Å²) >= 11 is 0. The maximum atomic E-state index is 12.5. The van der Waals surface area contributed by atoms with Gasteiger partial charge in [0.15, 0.2) is 15.9 Å². The Balaban J connectivity index is 1.34. The Kier molecular flexibility index (Phi) is 9.21. The molecule has 0 fully saturated rings. The molecule has 0 saturated carbocycles. The highest BCUT2D eigenvalue weighted by Crippen LogP contribution is 2.24. The Labute approximate surface area is 237 Å². The lowest BCUT2D eigenvalue weighted by atomic mass is 10.0. The number of nitrogens with one attached hydrogen (secondary N) is 3. The molecule has 214 valence electrons. The van der Waals surface area contributed by atoms with E-state index < -0.39 is 21.8 Å². The fourth-order valence-corrected chi connectivity index (χ4v) is 5.68. The van der Waals surface area contributed by atoms with Gasteiger partial charge in [-0.1, -0.05) is 37.3 Å². The summed E-state index contributed by atoms with van der Waals surface area (Å²) in [5.74, 6) is -1.30. The molecule has 0 aliphatic carbocycles. The van der Waals surface area contributed by atoms with E-state index in [-0.39, 0.29) is 35.1 Å². The van der Waals surface area contributed by atoms with Gasteiger partial charge in [-0.05, 0) is 71.3 Å². The molecule has 1 aromatic heterocycles. The van der Waals surface area contributed by atoms with Gasteiger partial charge >= 0.3 is 5.97 Å². The molecule has 1 atom stereocenters. The SMILES string of the molecule is CCS(=O)(=O)c1ccc(NC(=O)CCCc2ccc(C(Nc3ccc4cc[nH]c(=O)c4c3)C(=O)O)cc2)cc1CN. The molecular formula is C30H32N4O6S. The molecule has 1 unspecified atom stereocenters. The van der Waals surface area contributed by atoms with E-state index >= 15 is 0 Å². The van der Waals surface area contributed by atoms with Crippen LogP contribution in [0.25, 0.3) is 10.8 Å². The van der Waals surface area contributed by atoms with Crippen molar-refractivity contribution in [2.45, 2.75) is 43.7 Å². The maximum Gasteiger partial charge on any atom is 0.330 e. The molecule has 6 N–H and O–H groups in total. The van der Waals surface area contributed by atoms with Crippen LogP contribution in [0, 0.1) is 0 Å². The number of rotatable bonds is 12. The summed E-state index contributed by atoms with van der Waals surface area (Å²) in [6, 6.07) is 17.6. The molecule has 1 heterocycles. The van der Waals surface area contributed by atoms with Gasteiger partial charge in [0.05, 0.1) is 10.6 Å². The Bertz CT molecular complexity index is 1730. The third-order valence-electron chi connectivity index (χ3n) is 6.79. The van der Waals surface area contributed by atoms with Gasteiger partial charge in [0.25, 0.3) is 5.56 Å². The van der Waals surface area contributed by atoms with Crippen LogP contribution in [0.5, 0.6) is 0 Å². The number of hydrogen-bond donors (Lipinski definition) is 5. The van der Waals surface area contributed by atoms with Crippen LogP contribution in [0.3, 0.4) is 0 Å². The van der Waals surface area contributed by atoms with Gasteiger partial charge in [0.1, 0.15) is 0 Å². The third kappa shape index (κ3) is 7.19. The summed E-state index contributed by atoms with van der Waals surface area (Å²) in [4.78, 5) is 39.4. The molecule has 11 heteroatoms. The number of carbonyl (C=O) groups is 2.